The summed E-state index contributed by atoms with van der Waals surface area (Å²) < 4.78 is 99.7. The lowest BCUT2D eigenvalue weighted by molar-refractivity contribution is -0.144. The molecular weight excluding hydrogens is 875 g/mol. The second-order valence-electron chi connectivity index (χ2n) is 17.4. The van der Waals surface area contributed by atoms with E-state index in [0.717, 1.165) is 74.7 Å². The highest BCUT2D eigenvalue weighted by Gasteiger charge is 2.58. The van der Waals surface area contributed by atoms with Crippen LogP contribution in [0.4, 0.5) is 49.6 Å². The molecule has 4 aromatic heterocycles. The molecule has 334 valence electrons. The summed E-state index contributed by atoms with van der Waals surface area (Å²) in [6.45, 7) is 8.10. The number of hydrogen-bond donors (Lipinski definition) is 4. The van der Waals surface area contributed by atoms with Crippen LogP contribution in [0.1, 0.15) is 77.1 Å². The van der Waals surface area contributed by atoms with Crippen molar-refractivity contribution in [1.82, 2.24) is 34.6 Å². The molecule has 6 N–H and O–H groups in total. The summed E-state index contributed by atoms with van der Waals surface area (Å²) in [5.74, 6) is 1.39. The number of hydrogen-bond acceptors (Lipinski definition) is 15. The fourth-order valence-corrected chi connectivity index (χ4v) is 11.6. The van der Waals surface area contributed by atoms with E-state index in [1.165, 1.54) is 30.5 Å². The number of rotatable bonds is 10. The summed E-state index contributed by atoms with van der Waals surface area (Å²) in [6, 6.07) is 5.28. The molecular formula is C40H48F6N12OS3. The van der Waals surface area contributed by atoms with Gasteiger partial charge in [-0.05, 0) is 95.4 Å². The highest BCUT2D eigenvalue weighted by atomic mass is 32.2. The Morgan fingerprint density at radius 2 is 1.29 bits per heavy atom. The van der Waals surface area contributed by atoms with E-state index in [4.69, 9.17) is 21.4 Å². The Morgan fingerprint density at radius 1 is 0.758 bits per heavy atom. The van der Waals surface area contributed by atoms with Crippen LogP contribution >= 0.6 is 23.5 Å². The molecule has 13 nitrogen and oxygen atoms in total. The summed E-state index contributed by atoms with van der Waals surface area (Å²) in [5, 5.41) is 4.00. The van der Waals surface area contributed by atoms with Crippen molar-refractivity contribution in [3.63, 3.8) is 0 Å². The van der Waals surface area contributed by atoms with Crippen LogP contribution in [0.3, 0.4) is 0 Å². The van der Waals surface area contributed by atoms with Crippen molar-refractivity contribution < 1.29 is 30.9 Å². The highest BCUT2D eigenvalue weighted by molar-refractivity contribution is 7.99. The van der Waals surface area contributed by atoms with Gasteiger partial charge in [-0.15, -0.1) is 4.72 Å². The van der Waals surface area contributed by atoms with Gasteiger partial charge in [-0.1, -0.05) is 23.5 Å². The third-order valence-electron chi connectivity index (χ3n) is 12.8. The lowest BCUT2D eigenvalue weighted by Crippen LogP contribution is -2.70. The fourth-order valence-electron chi connectivity index (χ4n) is 8.88. The van der Waals surface area contributed by atoms with Crippen LogP contribution in [-0.2, 0) is 23.7 Å². The lowest BCUT2D eigenvalue weighted by atomic mass is 9.56. The largest absolute Gasteiger partial charge is 0.598 e. The van der Waals surface area contributed by atoms with Gasteiger partial charge in [0.05, 0.1) is 18.4 Å². The molecule has 4 aliphatic rings. The number of nitrogens with two attached hydrogens (primary N) is 2. The zero-order chi connectivity index (χ0) is 44.2. The predicted octanol–water partition coefficient (Wildman–Crippen LogP) is 7.58. The van der Waals surface area contributed by atoms with Gasteiger partial charge in [-0.2, -0.15) is 26.3 Å². The van der Waals surface area contributed by atoms with E-state index in [1.54, 1.807) is 6.20 Å². The van der Waals surface area contributed by atoms with Gasteiger partial charge < -0.3 is 31.1 Å². The third-order valence-corrected chi connectivity index (χ3v) is 16.5. The fraction of sp³-hybridized carbons (Fsp3) is 0.550. The van der Waals surface area contributed by atoms with Crippen molar-refractivity contribution in [1.29, 1.82) is 0 Å². The smallest absolute Gasteiger partial charge is 0.434 e. The van der Waals surface area contributed by atoms with Crippen molar-refractivity contribution in [3.8, 4) is 0 Å². The van der Waals surface area contributed by atoms with Crippen LogP contribution in [0.5, 0.6) is 0 Å². The number of nitrogens with zero attached hydrogens (tertiary/aromatic N) is 8. The summed E-state index contributed by atoms with van der Waals surface area (Å²) in [5.41, 5.74) is 10.3. The van der Waals surface area contributed by atoms with E-state index in [9.17, 15) is 30.9 Å². The van der Waals surface area contributed by atoms with Gasteiger partial charge in [-0.3, -0.25) is 9.97 Å². The van der Waals surface area contributed by atoms with Gasteiger partial charge in [-0.25, -0.2) is 19.9 Å². The van der Waals surface area contributed by atoms with Crippen LogP contribution in [0.15, 0.2) is 68.9 Å². The minimum Gasteiger partial charge on any atom is -0.598 e. The predicted molar refractivity (Wildman–Crippen MR) is 227 cm³/mol. The van der Waals surface area contributed by atoms with Gasteiger partial charge in [0.1, 0.15) is 26.4 Å². The molecule has 22 heteroatoms. The maximum absolute atomic E-state index is 14.1. The molecule has 2 saturated carbocycles. The number of aromatic nitrogens is 6. The molecule has 4 fully saturated rings. The number of nitrogens with one attached hydrogen (secondary N) is 2. The van der Waals surface area contributed by atoms with Crippen LogP contribution in [-0.4, -0.2) is 83.5 Å². The molecule has 0 bridgehead atoms. The topological polar surface area (TPSA) is 183 Å². The normalized spacial score (nSPS) is 22.9. The van der Waals surface area contributed by atoms with Crippen LogP contribution in [0.25, 0.3) is 0 Å². The maximum atomic E-state index is 14.1. The SMILES string of the molecule is CC(C)(C)[S+]([O-])N[C@H]1CC(Nc2nc(N3CCC4(CC[C@@H]4N)CC3)cnc2Sc2cccnc2C(F)(F)F)C12CCN(c1cnc(Sc3cccnc3C(F)(F)F)c(N)n1)CC2. The van der Waals surface area contributed by atoms with Crippen molar-refractivity contribution in [2.45, 2.75) is 121 Å². The van der Waals surface area contributed by atoms with Gasteiger partial charge in [0, 0.05) is 77.2 Å². The molecule has 2 saturated heterocycles. The molecule has 62 heavy (non-hydrogen) atoms. The van der Waals surface area contributed by atoms with Crippen molar-refractivity contribution in [2.75, 3.05) is 47.0 Å². The standard InChI is InChI=1S/C40H48F6N12OS3/c1-36(2,3)62(59)56-27-20-26(38(27)12-18-58(19-13-38)28-21-51-34(32(48)54-28)60-23-6-4-14-49-30(23)39(41,42)43)53-33-35(61-24-7-5-15-50-31(24)40(44,45)46)52-22-29(55-33)57-16-10-37(11-17-57)9-8-25(37)47/h4-7,14-15,21-22,25-27,56H,8-13,16-20,47H2,1-3H3,(H2,48,54)(H,53,55)/t25-,26?,27-,62?/m0/s1. The molecule has 2 aliphatic heterocycles. The van der Waals surface area contributed by atoms with Crippen LogP contribution in [0.2, 0.25) is 0 Å². The summed E-state index contributed by atoms with van der Waals surface area (Å²) in [4.78, 5) is 29.8. The summed E-state index contributed by atoms with van der Waals surface area (Å²) in [7, 11) is 0. The Bertz CT molecular complexity index is 2250. The minimum absolute atomic E-state index is 0.0294. The van der Waals surface area contributed by atoms with E-state index in [-0.39, 0.29) is 49.2 Å². The molecule has 8 rings (SSSR count). The minimum atomic E-state index is -4.69. The molecule has 4 atom stereocenters. The Labute approximate surface area is 367 Å². The third kappa shape index (κ3) is 8.96. The number of anilines is 4. The van der Waals surface area contributed by atoms with E-state index in [2.05, 4.69) is 34.9 Å². The first kappa shape index (κ1) is 44.8. The number of nitrogen functional groups attached to an aromatic ring is 1. The molecule has 4 aromatic rings. The van der Waals surface area contributed by atoms with Crippen LogP contribution in [0, 0.1) is 10.8 Å². The average Bonchev–Trinajstić information content (AvgIpc) is 3.23. The summed E-state index contributed by atoms with van der Waals surface area (Å²) >= 11 is 0.184. The summed E-state index contributed by atoms with van der Waals surface area (Å²) in [6.07, 6.45) is 1.60. The lowest BCUT2D eigenvalue weighted by Gasteiger charge is -2.59. The van der Waals surface area contributed by atoms with Gasteiger partial charge in [0.15, 0.2) is 23.0 Å². The number of pyridine rings is 2. The van der Waals surface area contributed by atoms with E-state index >= 15 is 0 Å². The molecule has 6 heterocycles. The molecule has 2 unspecified atom stereocenters. The zero-order valence-electron chi connectivity index (χ0n) is 34.3. The Morgan fingerprint density at radius 3 is 1.79 bits per heavy atom. The van der Waals surface area contributed by atoms with Crippen molar-refractivity contribution in [3.05, 3.63) is 60.4 Å². The van der Waals surface area contributed by atoms with E-state index < -0.39 is 45.3 Å². The Kier molecular flexibility index (Phi) is 12.2. The van der Waals surface area contributed by atoms with Gasteiger partial charge in [0.25, 0.3) is 0 Å². The monoisotopic (exact) mass is 922 g/mol. The Hall–Kier alpha value is -3.83. The first-order valence-corrected chi connectivity index (χ1v) is 23.1. The molecule has 0 radical (unpaired) electrons. The van der Waals surface area contributed by atoms with Gasteiger partial charge in [0.2, 0.25) is 0 Å². The van der Waals surface area contributed by atoms with E-state index in [1.807, 2.05) is 25.7 Å². The zero-order valence-corrected chi connectivity index (χ0v) is 36.7. The average molecular weight is 923 g/mol. The highest BCUT2D eigenvalue weighted by Crippen LogP contribution is 2.53. The maximum Gasteiger partial charge on any atom is 0.434 e. The first-order valence-electron chi connectivity index (χ1n) is 20.4. The van der Waals surface area contributed by atoms with Crippen molar-refractivity contribution in [2.24, 2.45) is 16.6 Å². The molecule has 0 aromatic carbocycles. The second-order valence-corrected chi connectivity index (χ2v) is 21.5. The molecule has 2 spiro atoms. The van der Waals surface area contributed by atoms with Crippen LogP contribution < -0.4 is 31.3 Å². The van der Waals surface area contributed by atoms with E-state index in [0.29, 0.717) is 49.8 Å². The van der Waals surface area contributed by atoms with Gasteiger partial charge >= 0.3 is 12.4 Å². The van der Waals surface area contributed by atoms with Crippen molar-refractivity contribution >= 4 is 58.2 Å². The molecule has 2 aliphatic carbocycles. The number of piperidine rings is 2. The Balaban J connectivity index is 1.05. The number of alkyl halides is 6. The second kappa shape index (κ2) is 16.9. The quantitative estimate of drug-likeness (QED) is 0.0902. The molecule has 0 amide bonds. The first-order chi connectivity index (χ1) is 29.3. The number of halogens is 6.